The number of methoxy groups -OCH3 is 1. The summed E-state index contributed by atoms with van der Waals surface area (Å²) < 4.78 is 6.92. The summed E-state index contributed by atoms with van der Waals surface area (Å²) in [5, 5.41) is 12.3. The number of nitrogens with one attached hydrogen (secondary N) is 1. The maximum atomic E-state index is 12.7. The van der Waals surface area contributed by atoms with E-state index in [-0.39, 0.29) is 11.0 Å². The molecule has 0 aliphatic heterocycles. The van der Waals surface area contributed by atoms with E-state index in [1.54, 1.807) is 29.8 Å². The lowest BCUT2D eigenvalue weighted by Gasteiger charge is -2.09. The van der Waals surface area contributed by atoms with Gasteiger partial charge in [-0.15, -0.1) is 10.2 Å². The van der Waals surface area contributed by atoms with Crippen molar-refractivity contribution in [3.05, 3.63) is 45.2 Å². The van der Waals surface area contributed by atoms with Crippen LogP contribution in [0.4, 0.5) is 5.13 Å². The number of hydrogen-bond acceptors (Lipinski definition) is 6. The first kappa shape index (κ1) is 17.1. The van der Waals surface area contributed by atoms with Crippen molar-refractivity contribution >= 4 is 33.3 Å². The van der Waals surface area contributed by atoms with Crippen LogP contribution in [0, 0.1) is 0 Å². The third kappa shape index (κ3) is 3.39. The number of carbonyl (C=O) groups is 1. The van der Waals surface area contributed by atoms with Gasteiger partial charge in [0.15, 0.2) is 0 Å². The van der Waals surface area contributed by atoms with E-state index in [1.807, 2.05) is 6.92 Å². The highest BCUT2D eigenvalue weighted by Crippen LogP contribution is 2.20. The molecule has 25 heavy (non-hydrogen) atoms. The Bertz CT molecular complexity index is 993. The molecular weight excluding hydrogens is 340 g/mol. The summed E-state index contributed by atoms with van der Waals surface area (Å²) in [6.45, 7) is 2.05. The Kier molecular flexibility index (Phi) is 4.80. The molecule has 1 aromatic carbocycles. The Morgan fingerprint density at radius 3 is 2.88 bits per heavy atom. The predicted octanol–water partition coefficient (Wildman–Crippen LogP) is 2.60. The van der Waals surface area contributed by atoms with Gasteiger partial charge < -0.3 is 9.30 Å². The lowest BCUT2D eigenvalue weighted by atomic mass is 10.1. The van der Waals surface area contributed by atoms with Gasteiger partial charge in [-0.3, -0.25) is 14.9 Å². The van der Waals surface area contributed by atoms with Crippen LogP contribution in [0.3, 0.4) is 0 Å². The molecule has 130 valence electrons. The van der Waals surface area contributed by atoms with Crippen molar-refractivity contribution in [2.24, 2.45) is 7.05 Å². The zero-order valence-electron chi connectivity index (χ0n) is 14.2. The van der Waals surface area contributed by atoms with Gasteiger partial charge in [-0.1, -0.05) is 18.3 Å². The second kappa shape index (κ2) is 7.02. The van der Waals surface area contributed by atoms with Crippen molar-refractivity contribution < 1.29 is 9.53 Å². The fourth-order valence-electron chi connectivity index (χ4n) is 2.54. The molecule has 2 heterocycles. The molecule has 0 unspecified atom stereocenters. The Morgan fingerprint density at radius 2 is 2.16 bits per heavy atom. The fraction of sp³-hybridized carbons (Fsp3) is 0.294. The van der Waals surface area contributed by atoms with Gasteiger partial charge in [0.1, 0.15) is 16.3 Å². The van der Waals surface area contributed by atoms with Gasteiger partial charge in [0, 0.05) is 19.7 Å². The van der Waals surface area contributed by atoms with Gasteiger partial charge in [0.2, 0.25) is 10.6 Å². The van der Waals surface area contributed by atoms with Gasteiger partial charge >= 0.3 is 0 Å². The van der Waals surface area contributed by atoms with E-state index < -0.39 is 5.91 Å². The third-order valence-corrected chi connectivity index (χ3v) is 4.69. The van der Waals surface area contributed by atoms with E-state index in [2.05, 4.69) is 15.5 Å². The number of pyridine rings is 1. The summed E-state index contributed by atoms with van der Waals surface area (Å²) in [5.74, 6) is 0.0695. The van der Waals surface area contributed by atoms with Crippen molar-refractivity contribution in [3.63, 3.8) is 0 Å². The van der Waals surface area contributed by atoms with Crippen molar-refractivity contribution in [2.75, 3.05) is 12.4 Å². The van der Waals surface area contributed by atoms with Gasteiger partial charge in [0.25, 0.3) is 5.91 Å². The number of carbonyl (C=O) groups excluding carboxylic acids is 1. The number of rotatable bonds is 5. The topological polar surface area (TPSA) is 86.1 Å². The van der Waals surface area contributed by atoms with Crippen LogP contribution < -0.4 is 15.5 Å². The molecule has 0 aliphatic rings. The number of hydrogen-bond donors (Lipinski definition) is 1. The summed E-state index contributed by atoms with van der Waals surface area (Å²) in [7, 11) is 3.32. The third-order valence-electron chi connectivity index (χ3n) is 3.79. The Labute approximate surface area is 148 Å². The highest BCUT2D eigenvalue weighted by Gasteiger charge is 2.17. The molecule has 2 aromatic heterocycles. The maximum absolute atomic E-state index is 12.7. The quantitative estimate of drug-likeness (QED) is 0.758. The molecule has 1 amide bonds. The van der Waals surface area contributed by atoms with Crippen LogP contribution >= 0.6 is 11.3 Å². The molecule has 8 heteroatoms. The van der Waals surface area contributed by atoms with Crippen LogP contribution in [0.2, 0.25) is 0 Å². The van der Waals surface area contributed by atoms with Gasteiger partial charge in [0.05, 0.1) is 18.0 Å². The van der Waals surface area contributed by atoms with Crippen molar-refractivity contribution in [3.8, 4) is 5.75 Å². The number of aryl methyl sites for hydroxylation is 2. The Hall–Kier alpha value is -2.74. The second-order valence-corrected chi connectivity index (χ2v) is 6.63. The van der Waals surface area contributed by atoms with E-state index >= 15 is 0 Å². The number of benzene rings is 1. The standard InChI is InChI=1S/C17H18N4O3S/c1-4-5-14-19-20-17(25-14)18-16(23)12-9-21(2)13-7-6-10(24-3)8-11(13)15(12)22/h6-9H,4-5H2,1-3H3,(H,18,20,23). The second-order valence-electron chi connectivity index (χ2n) is 5.57. The first-order chi connectivity index (χ1) is 12.0. The van der Waals surface area contributed by atoms with Crippen LogP contribution in [0.15, 0.2) is 29.2 Å². The SMILES string of the molecule is CCCc1nnc(NC(=O)c2cn(C)c3ccc(OC)cc3c2=O)s1. The smallest absolute Gasteiger partial charge is 0.262 e. The average molecular weight is 358 g/mol. The molecule has 0 aliphatic carbocycles. The predicted molar refractivity (Wildman–Crippen MR) is 97.6 cm³/mol. The number of amides is 1. The molecular formula is C17H18N4O3S. The molecule has 0 spiro atoms. The van der Waals surface area contributed by atoms with Crippen molar-refractivity contribution in [1.82, 2.24) is 14.8 Å². The highest BCUT2D eigenvalue weighted by atomic mass is 32.1. The summed E-state index contributed by atoms with van der Waals surface area (Å²) in [4.78, 5) is 25.3. The summed E-state index contributed by atoms with van der Waals surface area (Å²) >= 11 is 1.32. The van der Waals surface area contributed by atoms with Crippen LogP contribution in [0.5, 0.6) is 5.75 Å². The van der Waals surface area contributed by atoms with Gasteiger partial charge in [-0.25, -0.2) is 0 Å². The average Bonchev–Trinajstić information content (AvgIpc) is 3.04. The minimum Gasteiger partial charge on any atom is -0.497 e. The zero-order valence-corrected chi connectivity index (χ0v) is 15.0. The summed E-state index contributed by atoms with van der Waals surface area (Å²) in [6.07, 6.45) is 3.29. The zero-order chi connectivity index (χ0) is 18.0. The normalized spacial score (nSPS) is 10.8. The maximum Gasteiger partial charge on any atom is 0.262 e. The largest absolute Gasteiger partial charge is 0.497 e. The molecule has 0 saturated heterocycles. The first-order valence-corrected chi connectivity index (χ1v) is 8.66. The first-order valence-electron chi connectivity index (χ1n) is 7.84. The summed E-state index contributed by atoms with van der Waals surface area (Å²) in [5.41, 5.74) is 0.432. The minimum atomic E-state index is -0.496. The van der Waals surface area contributed by atoms with Crippen LogP contribution in [-0.2, 0) is 13.5 Å². The fourth-order valence-corrected chi connectivity index (χ4v) is 3.38. The molecule has 3 aromatic rings. The van der Waals surface area contributed by atoms with Crippen molar-refractivity contribution in [2.45, 2.75) is 19.8 Å². The monoisotopic (exact) mass is 358 g/mol. The van der Waals surface area contributed by atoms with Crippen LogP contribution in [0.25, 0.3) is 10.9 Å². The molecule has 0 atom stereocenters. The highest BCUT2D eigenvalue weighted by molar-refractivity contribution is 7.15. The minimum absolute atomic E-state index is 0.0514. The lowest BCUT2D eigenvalue weighted by molar-refractivity contribution is 0.102. The molecule has 1 N–H and O–H groups in total. The van der Waals surface area contributed by atoms with E-state index in [4.69, 9.17) is 4.74 Å². The molecule has 0 fully saturated rings. The molecule has 3 rings (SSSR count). The molecule has 0 radical (unpaired) electrons. The van der Waals surface area contributed by atoms with E-state index in [9.17, 15) is 9.59 Å². The lowest BCUT2D eigenvalue weighted by Crippen LogP contribution is -2.23. The van der Waals surface area contributed by atoms with Crippen LogP contribution in [0.1, 0.15) is 28.7 Å². The summed E-state index contributed by atoms with van der Waals surface area (Å²) in [6, 6.07) is 5.20. The van der Waals surface area contributed by atoms with E-state index in [0.29, 0.717) is 16.3 Å². The van der Waals surface area contributed by atoms with Gasteiger partial charge in [-0.05, 0) is 24.6 Å². The number of aromatic nitrogens is 3. The number of anilines is 1. The molecule has 7 nitrogen and oxygen atoms in total. The molecule has 0 saturated carbocycles. The van der Waals surface area contributed by atoms with Crippen LogP contribution in [-0.4, -0.2) is 27.8 Å². The van der Waals surface area contributed by atoms with E-state index in [1.165, 1.54) is 24.6 Å². The number of fused-ring (bicyclic) bond motifs is 1. The number of nitrogens with zero attached hydrogens (tertiary/aromatic N) is 3. The van der Waals surface area contributed by atoms with E-state index in [0.717, 1.165) is 23.4 Å². The Balaban J connectivity index is 1.97. The van der Waals surface area contributed by atoms with Gasteiger partial charge in [-0.2, -0.15) is 0 Å². The molecule has 0 bridgehead atoms. The Morgan fingerprint density at radius 1 is 1.36 bits per heavy atom. The number of ether oxygens (including phenoxy) is 1. The van der Waals surface area contributed by atoms with Crippen molar-refractivity contribution in [1.29, 1.82) is 0 Å².